The molecule has 1 fully saturated rings. The normalized spacial score (nSPS) is 27.4. The highest BCUT2D eigenvalue weighted by molar-refractivity contribution is 7.91. The molecule has 5 nitrogen and oxygen atoms in total. The molecule has 1 aliphatic heterocycles. The van der Waals surface area contributed by atoms with Gasteiger partial charge in [-0.3, -0.25) is 4.79 Å². The highest BCUT2D eigenvalue weighted by Crippen LogP contribution is 2.27. The molecular weight excluding hydrogens is 208 g/mol. The lowest BCUT2D eigenvalue weighted by Crippen LogP contribution is -2.22. The third-order valence-electron chi connectivity index (χ3n) is 2.61. The van der Waals surface area contributed by atoms with Crippen LogP contribution in [0, 0.1) is 11.8 Å². The number of carboxylic acids is 1. The van der Waals surface area contributed by atoms with Gasteiger partial charge in [0.05, 0.1) is 17.9 Å². The molecule has 0 radical (unpaired) electrons. The molecule has 1 heterocycles. The number of aliphatic hydroxyl groups is 1. The number of aliphatic hydroxyl groups excluding tert-OH is 1. The summed E-state index contributed by atoms with van der Waals surface area (Å²) < 4.78 is 22.2. The van der Waals surface area contributed by atoms with Gasteiger partial charge >= 0.3 is 5.97 Å². The van der Waals surface area contributed by atoms with Crippen molar-refractivity contribution in [1.82, 2.24) is 0 Å². The third kappa shape index (κ3) is 2.95. The van der Waals surface area contributed by atoms with Crippen molar-refractivity contribution < 1.29 is 23.4 Å². The Morgan fingerprint density at radius 2 is 2.14 bits per heavy atom. The number of rotatable bonds is 4. The predicted octanol–water partition coefficient (Wildman–Crippen LogP) is -0.496. The van der Waals surface area contributed by atoms with E-state index >= 15 is 0 Å². The van der Waals surface area contributed by atoms with Crippen molar-refractivity contribution >= 4 is 15.8 Å². The average Bonchev–Trinajstić information content (AvgIpc) is 2.41. The molecular formula is C8H14O5S. The van der Waals surface area contributed by atoms with E-state index in [9.17, 15) is 13.2 Å². The van der Waals surface area contributed by atoms with Gasteiger partial charge in [-0.15, -0.1) is 0 Å². The van der Waals surface area contributed by atoms with E-state index < -0.39 is 21.7 Å². The van der Waals surface area contributed by atoms with Crippen LogP contribution in [0.2, 0.25) is 0 Å². The largest absolute Gasteiger partial charge is 0.481 e. The highest BCUT2D eigenvalue weighted by atomic mass is 32.2. The lowest BCUT2D eigenvalue weighted by atomic mass is 9.90. The molecule has 2 atom stereocenters. The number of carboxylic acid groups (broad SMARTS) is 1. The average molecular weight is 222 g/mol. The Morgan fingerprint density at radius 1 is 1.50 bits per heavy atom. The molecule has 0 bridgehead atoms. The van der Waals surface area contributed by atoms with Crippen LogP contribution < -0.4 is 0 Å². The summed E-state index contributed by atoms with van der Waals surface area (Å²) in [5.74, 6) is -1.47. The van der Waals surface area contributed by atoms with Gasteiger partial charge in [0.2, 0.25) is 0 Å². The fourth-order valence-electron chi connectivity index (χ4n) is 1.80. The minimum Gasteiger partial charge on any atom is -0.481 e. The van der Waals surface area contributed by atoms with E-state index in [-0.39, 0.29) is 30.5 Å². The van der Waals surface area contributed by atoms with Crippen molar-refractivity contribution in [1.29, 1.82) is 0 Å². The van der Waals surface area contributed by atoms with Crippen molar-refractivity contribution in [2.45, 2.75) is 12.8 Å². The maximum absolute atomic E-state index is 11.1. The summed E-state index contributed by atoms with van der Waals surface area (Å²) >= 11 is 0. The molecule has 0 aromatic carbocycles. The van der Waals surface area contributed by atoms with Crippen LogP contribution in [0.4, 0.5) is 0 Å². The van der Waals surface area contributed by atoms with Crippen LogP contribution in [-0.2, 0) is 14.6 Å². The topological polar surface area (TPSA) is 91.7 Å². The molecule has 82 valence electrons. The molecule has 0 spiro atoms. The van der Waals surface area contributed by atoms with Gasteiger partial charge in [0.15, 0.2) is 9.84 Å². The van der Waals surface area contributed by atoms with E-state index in [0.717, 1.165) is 0 Å². The number of hydrogen-bond acceptors (Lipinski definition) is 4. The lowest BCUT2D eigenvalue weighted by Gasteiger charge is -2.17. The first kappa shape index (κ1) is 11.5. The first-order valence-electron chi connectivity index (χ1n) is 4.47. The molecule has 2 N–H and O–H groups in total. The Hall–Kier alpha value is -0.620. The van der Waals surface area contributed by atoms with Crippen molar-refractivity contribution in [2.24, 2.45) is 11.8 Å². The van der Waals surface area contributed by atoms with Gasteiger partial charge < -0.3 is 10.2 Å². The maximum Gasteiger partial charge on any atom is 0.303 e. The molecule has 2 unspecified atom stereocenters. The summed E-state index contributed by atoms with van der Waals surface area (Å²) in [6, 6.07) is 0. The molecule has 0 saturated carbocycles. The Morgan fingerprint density at radius 3 is 2.50 bits per heavy atom. The van der Waals surface area contributed by atoms with Gasteiger partial charge in [-0.1, -0.05) is 0 Å². The molecule has 0 aliphatic carbocycles. The quantitative estimate of drug-likeness (QED) is 0.669. The number of hydrogen-bond donors (Lipinski definition) is 2. The van der Waals surface area contributed by atoms with E-state index in [1.54, 1.807) is 0 Å². The smallest absolute Gasteiger partial charge is 0.303 e. The van der Waals surface area contributed by atoms with Crippen molar-refractivity contribution in [2.75, 3.05) is 18.1 Å². The van der Waals surface area contributed by atoms with Crippen molar-refractivity contribution in [3.63, 3.8) is 0 Å². The van der Waals surface area contributed by atoms with Crippen LogP contribution in [0.3, 0.4) is 0 Å². The van der Waals surface area contributed by atoms with E-state index in [4.69, 9.17) is 10.2 Å². The Kier molecular flexibility index (Phi) is 3.49. The Balaban J connectivity index is 2.59. The van der Waals surface area contributed by atoms with Crippen LogP contribution in [0.5, 0.6) is 0 Å². The fraction of sp³-hybridized carbons (Fsp3) is 0.875. The van der Waals surface area contributed by atoms with Gasteiger partial charge in [0.1, 0.15) is 0 Å². The van der Waals surface area contributed by atoms with E-state index in [2.05, 4.69) is 0 Å². The SMILES string of the molecule is O=C(O)CC(CO)C1CCS(=O)(=O)C1. The van der Waals surface area contributed by atoms with Crippen LogP contribution in [0.25, 0.3) is 0 Å². The maximum atomic E-state index is 11.1. The van der Waals surface area contributed by atoms with Crippen LogP contribution in [-0.4, -0.2) is 42.7 Å². The molecule has 6 heteroatoms. The molecule has 0 aromatic heterocycles. The first-order chi connectivity index (χ1) is 6.44. The van der Waals surface area contributed by atoms with Crippen LogP contribution in [0.1, 0.15) is 12.8 Å². The summed E-state index contributed by atoms with van der Waals surface area (Å²) in [7, 11) is -2.99. The summed E-state index contributed by atoms with van der Waals surface area (Å²) in [6.07, 6.45) is 0.317. The molecule has 0 amide bonds. The zero-order valence-corrected chi connectivity index (χ0v) is 8.53. The first-order valence-corrected chi connectivity index (χ1v) is 6.30. The van der Waals surface area contributed by atoms with Crippen molar-refractivity contribution in [3.8, 4) is 0 Å². The third-order valence-corrected chi connectivity index (χ3v) is 4.40. The highest BCUT2D eigenvalue weighted by Gasteiger charge is 2.34. The molecule has 0 aromatic rings. The van der Waals surface area contributed by atoms with Crippen LogP contribution in [0.15, 0.2) is 0 Å². The van der Waals surface area contributed by atoms with E-state index in [1.807, 2.05) is 0 Å². The van der Waals surface area contributed by atoms with Gasteiger partial charge in [-0.25, -0.2) is 8.42 Å². The standard InChI is InChI=1S/C8H14O5S/c9-4-7(3-8(10)11)6-1-2-14(12,13)5-6/h6-7,9H,1-5H2,(H,10,11). The molecule has 14 heavy (non-hydrogen) atoms. The minimum absolute atomic E-state index is 0.0194. The van der Waals surface area contributed by atoms with E-state index in [0.29, 0.717) is 6.42 Å². The van der Waals surface area contributed by atoms with Crippen molar-refractivity contribution in [3.05, 3.63) is 0 Å². The predicted molar refractivity (Wildman–Crippen MR) is 49.6 cm³/mol. The second-order valence-corrected chi connectivity index (χ2v) is 5.93. The molecule has 1 aliphatic rings. The zero-order chi connectivity index (χ0) is 10.8. The lowest BCUT2D eigenvalue weighted by molar-refractivity contribution is -0.138. The van der Waals surface area contributed by atoms with Gasteiger partial charge in [0.25, 0.3) is 0 Å². The molecule has 1 rings (SSSR count). The Bertz CT molecular complexity index is 308. The summed E-state index contributed by atoms with van der Waals surface area (Å²) in [4.78, 5) is 10.4. The van der Waals surface area contributed by atoms with E-state index in [1.165, 1.54) is 0 Å². The van der Waals surface area contributed by atoms with Gasteiger partial charge in [-0.2, -0.15) is 0 Å². The van der Waals surface area contributed by atoms with Gasteiger partial charge in [0, 0.05) is 6.61 Å². The number of carbonyl (C=O) groups is 1. The summed E-state index contributed by atoms with van der Waals surface area (Å²) in [5.41, 5.74) is 0. The second kappa shape index (κ2) is 4.27. The zero-order valence-electron chi connectivity index (χ0n) is 7.72. The van der Waals surface area contributed by atoms with Crippen LogP contribution >= 0.6 is 0 Å². The summed E-state index contributed by atoms with van der Waals surface area (Å²) in [5, 5.41) is 17.5. The second-order valence-electron chi connectivity index (χ2n) is 3.70. The minimum atomic E-state index is -2.99. The Labute approximate surface area is 82.7 Å². The number of aliphatic carboxylic acids is 1. The summed E-state index contributed by atoms with van der Waals surface area (Å²) in [6.45, 7) is -0.257. The monoisotopic (exact) mass is 222 g/mol. The molecule has 1 saturated heterocycles. The fourth-order valence-corrected chi connectivity index (χ4v) is 3.72. The van der Waals surface area contributed by atoms with Gasteiger partial charge in [-0.05, 0) is 18.3 Å². The number of sulfone groups is 1.